The van der Waals surface area contributed by atoms with Gasteiger partial charge in [-0.15, -0.1) is 5.92 Å². The van der Waals surface area contributed by atoms with Crippen LogP contribution < -0.4 is 0 Å². The third-order valence-electron chi connectivity index (χ3n) is 5.09. The standard InChI is InChI=1S/C21H24O/c1-21(14-7-10-17-8-5-6-9-17)15-13-19(22)16-20(21)18-11-3-2-4-12-18/h2-4,11-12,16-17H,5-6,8-10,13,15H2,1H3. The second-order valence-corrected chi connectivity index (χ2v) is 6.88. The first-order chi connectivity index (χ1) is 10.7. The molecular formula is C21H24O. The van der Waals surface area contributed by atoms with Gasteiger partial charge < -0.3 is 0 Å². The molecular weight excluding hydrogens is 268 g/mol. The molecule has 1 unspecified atom stereocenters. The molecule has 1 saturated carbocycles. The molecule has 1 aromatic rings. The van der Waals surface area contributed by atoms with E-state index in [2.05, 4.69) is 30.9 Å². The molecule has 0 aromatic heterocycles. The fourth-order valence-corrected chi connectivity index (χ4v) is 3.65. The minimum absolute atomic E-state index is 0.187. The van der Waals surface area contributed by atoms with Gasteiger partial charge >= 0.3 is 0 Å². The van der Waals surface area contributed by atoms with E-state index in [1.807, 2.05) is 24.3 Å². The van der Waals surface area contributed by atoms with Gasteiger partial charge in [-0.3, -0.25) is 4.79 Å². The zero-order chi connectivity index (χ0) is 15.4. The highest BCUT2D eigenvalue weighted by Gasteiger charge is 2.32. The van der Waals surface area contributed by atoms with Crippen LogP contribution in [0, 0.1) is 23.2 Å². The fourth-order valence-electron chi connectivity index (χ4n) is 3.65. The molecule has 1 aromatic carbocycles. The summed E-state index contributed by atoms with van der Waals surface area (Å²) in [7, 11) is 0. The molecule has 1 atom stereocenters. The maximum atomic E-state index is 11.9. The Balaban J connectivity index is 1.84. The van der Waals surface area contributed by atoms with Crippen LogP contribution in [0.25, 0.3) is 5.57 Å². The van der Waals surface area contributed by atoms with Crippen molar-refractivity contribution >= 4 is 11.4 Å². The van der Waals surface area contributed by atoms with Gasteiger partial charge in [0, 0.05) is 12.8 Å². The van der Waals surface area contributed by atoms with Gasteiger partial charge in [-0.25, -0.2) is 0 Å². The minimum Gasteiger partial charge on any atom is -0.295 e. The van der Waals surface area contributed by atoms with Crippen LogP contribution in [0.5, 0.6) is 0 Å². The second-order valence-electron chi connectivity index (χ2n) is 6.88. The number of hydrogen-bond acceptors (Lipinski definition) is 1. The number of rotatable bonds is 2. The Labute approximate surface area is 133 Å². The Morgan fingerprint density at radius 3 is 2.64 bits per heavy atom. The van der Waals surface area contributed by atoms with Gasteiger partial charge in [0.25, 0.3) is 0 Å². The van der Waals surface area contributed by atoms with E-state index in [0.717, 1.165) is 29.9 Å². The Morgan fingerprint density at radius 1 is 1.18 bits per heavy atom. The summed E-state index contributed by atoms with van der Waals surface area (Å²) in [6, 6.07) is 10.2. The first kappa shape index (κ1) is 15.1. The monoisotopic (exact) mass is 292 g/mol. The number of carbonyl (C=O) groups is 1. The summed E-state index contributed by atoms with van der Waals surface area (Å²) in [5, 5.41) is 0. The van der Waals surface area contributed by atoms with Gasteiger partial charge in [0.15, 0.2) is 5.78 Å². The lowest BCUT2D eigenvalue weighted by molar-refractivity contribution is -0.115. The molecule has 114 valence electrons. The Morgan fingerprint density at radius 2 is 1.91 bits per heavy atom. The lowest BCUT2D eigenvalue weighted by atomic mass is 9.71. The molecule has 0 N–H and O–H groups in total. The zero-order valence-corrected chi connectivity index (χ0v) is 13.4. The quantitative estimate of drug-likeness (QED) is 0.699. The first-order valence-electron chi connectivity index (χ1n) is 8.48. The number of hydrogen-bond donors (Lipinski definition) is 0. The molecule has 0 heterocycles. The highest BCUT2D eigenvalue weighted by molar-refractivity contribution is 6.00. The molecule has 0 aliphatic heterocycles. The van der Waals surface area contributed by atoms with Crippen LogP contribution in [0.4, 0.5) is 0 Å². The maximum absolute atomic E-state index is 11.9. The van der Waals surface area contributed by atoms with E-state index < -0.39 is 0 Å². The highest BCUT2D eigenvalue weighted by atomic mass is 16.1. The van der Waals surface area contributed by atoms with E-state index in [-0.39, 0.29) is 11.2 Å². The van der Waals surface area contributed by atoms with E-state index >= 15 is 0 Å². The van der Waals surface area contributed by atoms with Crippen LogP contribution in [-0.2, 0) is 4.79 Å². The molecule has 2 aliphatic carbocycles. The van der Waals surface area contributed by atoms with Crippen LogP contribution in [-0.4, -0.2) is 5.78 Å². The average molecular weight is 292 g/mol. The maximum Gasteiger partial charge on any atom is 0.156 e. The van der Waals surface area contributed by atoms with Gasteiger partial charge in [0.1, 0.15) is 0 Å². The molecule has 0 radical (unpaired) electrons. The molecule has 1 fully saturated rings. The van der Waals surface area contributed by atoms with Crippen molar-refractivity contribution < 1.29 is 4.79 Å². The van der Waals surface area contributed by atoms with Crippen LogP contribution in [0.1, 0.15) is 57.4 Å². The number of carbonyl (C=O) groups excluding carboxylic acids is 1. The fraction of sp³-hybridized carbons (Fsp3) is 0.476. The normalized spacial score (nSPS) is 25.5. The molecule has 2 aliphatic rings. The van der Waals surface area contributed by atoms with Crippen molar-refractivity contribution in [2.75, 3.05) is 0 Å². The van der Waals surface area contributed by atoms with E-state index in [4.69, 9.17) is 0 Å². The van der Waals surface area contributed by atoms with E-state index in [0.29, 0.717) is 6.42 Å². The third kappa shape index (κ3) is 3.33. The lowest BCUT2D eigenvalue weighted by Crippen LogP contribution is -2.23. The number of allylic oxidation sites excluding steroid dienone is 2. The van der Waals surface area contributed by atoms with Crippen LogP contribution >= 0.6 is 0 Å². The van der Waals surface area contributed by atoms with Crippen molar-refractivity contribution in [3.8, 4) is 11.8 Å². The van der Waals surface area contributed by atoms with Crippen LogP contribution in [0.15, 0.2) is 36.4 Å². The van der Waals surface area contributed by atoms with E-state index in [9.17, 15) is 4.79 Å². The molecule has 3 rings (SSSR count). The number of ketones is 1. The molecule has 0 saturated heterocycles. The summed E-state index contributed by atoms with van der Waals surface area (Å²) >= 11 is 0. The zero-order valence-electron chi connectivity index (χ0n) is 13.4. The summed E-state index contributed by atoms with van der Waals surface area (Å²) in [5.41, 5.74) is 2.05. The van der Waals surface area contributed by atoms with Crippen LogP contribution in [0.3, 0.4) is 0 Å². The predicted molar refractivity (Wildman–Crippen MR) is 91.1 cm³/mol. The largest absolute Gasteiger partial charge is 0.295 e. The highest BCUT2D eigenvalue weighted by Crippen LogP contribution is 2.41. The average Bonchev–Trinajstić information content (AvgIpc) is 3.04. The van der Waals surface area contributed by atoms with Crippen molar-refractivity contribution in [3.63, 3.8) is 0 Å². The van der Waals surface area contributed by atoms with Gasteiger partial charge in [-0.05, 0) is 49.3 Å². The van der Waals surface area contributed by atoms with Gasteiger partial charge in [0.05, 0.1) is 5.41 Å². The minimum atomic E-state index is -0.187. The Hall–Kier alpha value is -1.81. The summed E-state index contributed by atoms with van der Waals surface area (Å²) in [4.78, 5) is 11.9. The summed E-state index contributed by atoms with van der Waals surface area (Å²) in [6.07, 6.45) is 9.71. The Bertz CT molecular complexity index is 623. The lowest BCUT2D eigenvalue weighted by Gasteiger charge is -2.30. The van der Waals surface area contributed by atoms with Crippen molar-refractivity contribution in [1.29, 1.82) is 0 Å². The summed E-state index contributed by atoms with van der Waals surface area (Å²) in [5.74, 6) is 8.00. The smallest absolute Gasteiger partial charge is 0.156 e. The summed E-state index contributed by atoms with van der Waals surface area (Å²) < 4.78 is 0. The van der Waals surface area contributed by atoms with Crippen molar-refractivity contribution in [2.24, 2.45) is 11.3 Å². The molecule has 22 heavy (non-hydrogen) atoms. The molecule has 0 amide bonds. The third-order valence-corrected chi connectivity index (χ3v) is 5.09. The van der Waals surface area contributed by atoms with Crippen molar-refractivity contribution in [2.45, 2.75) is 51.9 Å². The molecule has 0 bridgehead atoms. The van der Waals surface area contributed by atoms with E-state index in [1.165, 1.54) is 25.7 Å². The molecule has 1 nitrogen and oxygen atoms in total. The SMILES string of the molecule is CC1(C#CCC2CCCC2)CCC(=O)C=C1c1ccccc1. The first-order valence-corrected chi connectivity index (χ1v) is 8.48. The van der Waals surface area contributed by atoms with Gasteiger partial charge in [-0.1, -0.05) is 49.1 Å². The topological polar surface area (TPSA) is 17.1 Å². The van der Waals surface area contributed by atoms with Crippen molar-refractivity contribution in [3.05, 3.63) is 42.0 Å². The van der Waals surface area contributed by atoms with Crippen molar-refractivity contribution in [1.82, 2.24) is 0 Å². The second kappa shape index (κ2) is 6.53. The number of benzene rings is 1. The van der Waals surface area contributed by atoms with Crippen LogP contribution in [0.2, 0.25) is 0 Å². The molecule has 1 heteroatoms. The summed E-state index contributed by atoms with van der Waals surface area (Å²) in [6.45, 7) is 2.19. The Kier molecular flexibility index (Phi) is 4.48. The van der Waals surface area contributed by atoms with E-state index in [1.54, 1.807) is 0 Å². The molecule has 0 spiro atoms. The van der Waals surface area contributed by atoms with Gasteiger partial charge in [-0.2, -0.15) is 0 Å². The predicted octanol–water partition coefficient (Wildman–Crippen LogP) is 5.02. The van der Waals surface area contributed by atoms with Gasteiger partial charge in [0.2, 0.25) is 0 Å².